The lowest BCUT2D eigenvalue weighted by molar-refractivity contribution is -0.111. The fourth-order valence-corrected chi connectivity index (χ4v) is 3.56. The molecule has 0 saturated heterocycles. The van der Waals surface area contributed by atoms with Gasteiger partial charge in [0, 0.05) is 27.1 Å². The number of amides is 1. The first-order valence-electron chi connectivity index (χ1n) is 9.01. The topological polar surface area (TPSA) is 51.2 Å². The maximum Gasteiger partial charge on any atom is 0.250 e. The van der Waals surface area contributed by atoms with Crippen molar-refractivity contribution in [2.75, 3.05) is 11.9 Å². The summed E-state index contributed by atoms with van der Waals surface area (Å²) >= 11 is 7.39. The van der Waals surface area contributed by atoms with Gasteiger partial charge in [-0.15, -0.1) is 11.3 Å². The van der Waals surface area contributed by atoms with Crippen molar-refractivity contribution in [2.24, 2.45) is 0 Å². The van der Waals surface area contributed by atoms with Crippen molar-refractivity contribution in [2.45, 2.75) is 20.3 Å². The summed E-state index contributed by atoms with van der Waals surface area (Å²) in [5.41, 5.74) is 2.68. The number of anilines is 1. The Hall–Kier alpha value is -2.63. The van der Waals surface area contributed by atoms with Crippen LogP contribution in [-0.4, -0.2) is 17.5 Å². The Bertz CT molecular complexity index is 980. The first-order valence-corrected chi connectivity index (χ1v) is 10.2. The molecule has 0 fully saturated rings. The lowest BCUT2D eigenvalue weighted by Crippen LogP contribution is -2.07. The highest BCUT2D eigenvalue weighted by Gasteiger charge is 2.11. The van der Waals surface area contributed by atoms with Crippen LogP contribution in [0.4, 0.5) is 5.13 Å². The molecule has 0 radical (unpaired) electrons. The highest BCUT2D eigenvalue weighted by Crippen LogP contribution is 2.31. The molecule has 3 rings (SSSR count). The summed E-state index contributed by atoms with van der Waals surface area (Å²) in [5, 5.41) is 4.07. The van der Waals surface area contributed by atoms with Crippen molar-refractivity contribution in [3.05, 3.63) is 70.1 Å². The lowest BCUT2D eigenvalue weighted by atomic mass is 10.1. The molecule has 0 atom stereocenters. The normalized spacial score (nSPS) is 11.0. The molecule has 0 aliphatic rings. The number of thiazole rings is 1. The van der Waals surface area contributed by atoms with Gasteiger partial charge in [-0.2, -0.15) is 0 Å². The van der Waals surface area contributed by atoms with Crippen molar-refractivity contribution >= 4 is 40.1 Å². The zero-order valence-corrected chi connectivity index (χ0v) is 17.3. The van der Waals surface area contributed by atoms with Crippen molar-refractivity contribution < 1.29 is 9.53 Å². The summed E-state index contributed by atoms with van der Waals surface area (Å²) in [4.78, 5) is 17.9. The summed E-state index contributed by atoms with van der Waals surface area (Å²) in [7, 11) is 0. The monoisotopic (exact) mass is 412 g/mol. The standard InChI is InChI=1S/C22H21ClN2O2S/c1-3-14-27-19-7-5-4-6-16(19)10-13-20(26)24-22-25-21(15(2)28-22)17-8-11-18(23)12-9-17/h4-13H,3,14H2,1-2H3,(H,24,25,26)/b13-10+. The van der Waals surface area contributed by atoms with Gasteiger partial charge in [0.05, 0.1) is 12.3 Å². The zero-order chi connectivity index (χ0) is 19.9. The second kappa shape index (κ2) is 9.53. The zero-order valence-electron chi connectivity index (χ0n) is 15.7. The number of nitrogens with zero attached hydrogens (tertiary/aromatic N) is 1. The van der Waals surface area contributed by atoms with Crippen LogP contribution in [0.5, 0.6) is 5.75 Å². The van der Waals surface area contributed by atoms with Crippen LogP contribution in [0.25, 0.3) is 17.3 Å². The lowest BCUT2D eigenvalue weighted by Gasteiger charge is -2.07. The third kappa shape index (κ3) is 5.21. The Labute approximate surface area is 173 Å². The summed E-state index contributed by atoms with van der Waals surface area (Å²) < 4.78 is 5.71. The van der Waals surface area contributed by atoms with Gasteiger partial charge >= 0.3 is 0 Å². The second-order valence-electron chi connectivity index (χ2n) is 6.14. The van der Waals surface area contributed by atoms with Crippen LogP contribution in [0.2, 0.25) is 5.02 Å². The van der Waals surface area contributed by atoms with E-state index in [2.05, 4.69) is 17.2 Å². The first-order chi connectivity index (χ1) is 13.6. The van der Waals surface area contributed by atoms with E-state index in [1.165, 1.54) is 17.4 Å². The van der Waals surface area contributed by atoms with Gasteiger partial charge in [0.25, 0.3) is 0 Å². The van der Waals surface area contributed by atoms with E-state index in [1.807, 2.05) is 55.5 Å². The van der Waals surface area contributed by atoms with E-state index in [0.29, 0.717) is 16.8 Å². The van der Waals surface area contributed by atoms with Gasteiger partial charge in [-0.1, -0.05) is 48.9 Å². The minimum atomic E-state index is -0.235. The Morgan fingerprint density at radius 1 is 1.21 bits per heavy atom. The van der Waals surface area contributed by atoms with Crippen LogP contribution in [0.15, 0.2) is 54.6 Å². The Morgan fingerprint density at radius 3 is 2.71 bits per heavy atom. The Morgan fingerprint density at radius 2 is 1.96 bits per heavy atom. The van der Waals surface area contributed by atoms with Crippen molar-refractivity contribution in [1.82, 2.24) is 4.98 Å². The third-order valence-electron chi connectivity index (χ3n) is 3.94. The molecule has 28 heavy (non-hydrogen) atoms. The van der Waals surface area contributed by atoms with E-state index < -0.39 is 0 Å². The summed E-state index contributed by atoms with van der Waals surface area (Å²) in [5.74, 6) is 0.533. The molecule has 1 heterocycles. The SMILES string of the molecule is CCCOc1ccccc1/C=C/C(=O)Nc1nc(-c2ccc(Cl)cc2)c(C)s1. The molecule has 0 aliphatic heterocycles. The minimum absolute atomic E-state index is 0.235. The van der Waals surface area contributed by atoms with Crippen molar-refractivity contribution in [3.8, 4) is 17.0 Å². The fraction of sp³-hybridized carbons (Fsp3) is 0.182. The molecule has 2 aromatic carbocycles. The summed E-state index contributed by atoms with van der Waals surface area (Å²) in [6.07, 6.45) is 4.17. The molecule has 3 aromatic rings. The molecule has 1 N–H and O–H groups in total. The number of hydrogen-bond acceptors (Lipinski definition) is 4. The quantitative estimate of drug-likeness (QED) is 0.469. The predicted octanol–water partition coefficient (Wildman–Crippen LogP) is 6.21. The molecule has 0 bridgehead atoms. The minimum Gasteiger partial charge on any atom is -0.493 e. The maximum absolute atomic E-state index is 12.3. The molecule has 1 amide bonds. The number of carbonyl (C=O) groups is 1. The van der Waals surface area contributed by atoms with Crippen LogP contribution in [-0.2, 0) is 4.79 Å². The summed E-state index contributed by atoms with van der Waals surface area (Å²) in [6.45, 7) is 4.68. The predicted molar refractivity (Wildman–Crippen MR) is 117 cm³/mol. The third-order valence-corrected chi connectivity index (χ3v) is 5.08. The largest absolute Gasteiger partial charge is 0.493 e. The van der Waals surface area contributed by atoms with E-state index >= 15 is 0 Å². The fourth-order valence-electron chi connectivity index (χ4n) is 2.60. The average molecular weight is 413 g/mol. The van der Waals surface area contributed by atoms with E-state index in [9.17, 15) is 4.79 Å². The van der Waals surface area contributed by atoms with Gasteiger partial charge in [0.2, 0.25) is 5.91 Å². The van der Waals surface area contributed by atoms with Crippen LogP contribution in [0.1, 0.15) is 23.8 Å². The first kappa shape index (κ1) is 20.1. The molecule has 0 saturated carbocycles. The van der Waals surface area contributed by atoms with Crippen LogP contribution in [0, 0.1) is 6.92 Å². The molecule has 0 spiro atoms. The van der Waals surface area contributed by atoms with Crippen LogP contribution < -0.4 is 10.1 Å². The number of nitrogens with one attached hydrogen (secondary N) is 1. The van der Waals surface area contributed by atoms with E-state index in [4.69, 9.17) is 16.3 Å². The van der Waals surface area contributed by atoms with E-state index in [0.717, 1.165) is 33.9 Å². The van der Waals surface area contributed by atoms with Crippen LogP contribution in [0.3, 0.4) is 0 Å². The highest BCUT2D eigenvalue weighted by molar-refractivity contribution is 7.16. The number of aryl methyl sites for hydroxylation is 1. The molecule has 4 nitrogen and oxygen atoms in total. The number of carbonyl (C=O) groups excluding carboxylic acids is 1. The number of para-hydroxylation sites is 1. The molecule has 1 aromatic heterocycles. The Kier molecular flexibility index (Phi) is 6.85. The van der Waals surface area contributed by atoms with Gasteiger partial charge in [-0.3, -0.25) is 10.1 Å². The number of halogens is 1. The number of ether oxygens (including phenoxy) is 1. The van der Waals surface area contributed by atoms with Gasteiger partial charge < -0.3 is 4.74 Å². The van der Waals surface area contributed by atoms with Gasteiger partial charge in [0.15, 0.2) is 5.13 Å². The van der Waals surface area contributed by atoms with Gasteiger partial charge in [-0.05, 0) is 37.6 Å². The number of hydrogen-bond donors (Lipinski definition) is 1. The van der Waals surface area contributed by atoms with Crippen molar-refractivity contribution in [1.29, 1.82) is 0 Å². The Balaban J connectivity index is 1.70. The molecule has 0 unspecified atom stereocenters. The highest BCUT2D eigenvalue weighted by atomic mass is 35.5. The smallest absolute Gasteiger partial charge is 0.250 e. The maximum atomic E-state index is 12.3. The number of aromatic nitrogens is 1. The average Bonchev–Trinajstić information content (AvgIpc) is 3.06. The van der Waals surface area contributed by atoms with Crippen LogP contribution >= 0.6 is 22.9 Å². The molecular weight excluding hydrogens is 392 g/mol. The van der Waals surface area contributed by atoms with Gasteiger partial charge in [0.1, 0.15) is 5.75 Å². The molecule has 0 aliphatic carbocycles. The number of rotatable bonds is 7. The molecular formula is C22H21ClN2O2S. The second-order valence-corrected chi connectivity index (χ2v) is 7.78. The number of benzene rings is 2. The van der Waals surface area contributed by atoms with E-state index in [-0.39, 0.29) is 5.91 Å². The van der Waals surface area contributed by atoms with Crippen molar-refractivity contribution in [3.63, 3.8) is 0 Å². The molecule has 6 heteroatoms. The molecule has 144 valence electrons. The van der Waals surface area contributed by atoms with Gasteiger partial charge in [-0.25, -0.2) is 4.98 Å². The van der Waals surface area contributed by atoms with E-state index in [1.54, 1.807) is 6.08 Å². The summed E-state index contributed by atoms with van der Waals surface area (Å²) in [6, 6.07) is 15.1.